The number of hydrogen-bond acceptors (Lipinski definition) is 3. The molecule has 5 rings (SSSR count). The van der Waals surface area contributed by atoms with Gasteiger partial charge in [0.05, 0.1) is 12.5 Å². The monoisotopic (exact) mass is 356 g/mol. The van der Waals surface area contributed by atoms with E-state index < -0.39 is 0 Å². The topological polar surface area (TPSA) is 50.5 Å². The van der Waals surface area contributed by atoms with E-state index in [-0.39, 0.29) is 11.9 Å². The average Bonchev–Trinajstić information content (AvgIpc) is 3.35. The van der Waals surface area contributed by atoms with Gasteiger partial charge in [0.25, 0.3) is 0 Å². The van der Waals surface area contributed by atoms with E-state index in [1.807, 2.05) is 51.9 Å². The van der Waals surface area contributed by atoms with Crippen molar-refractivity contribution in [1.29, 1.82) is 0 Å². The van der Waals surface area contributed by atoms with Gasteiger partial charge in [0, 0.05) is 12.7 Å². The van der Waals surface area contributed by atoms with Gasteiger partial charge in [0.15, 0.2) is 11.5 Å². The van der Waals surface area contributed by atoms with Crippen molar-refractivity contribution in [2.24, 2.45) is 0 Å². The van der Waals surface area contributed by atoms with Gasteiger partial charge in [-0.25, -0.2) is 0 Å². The molecule has 0 bridgehead atoms. The summed E-state index contributed by atoms with van der Waals surface area (Å²) in [5.41, 5.74) is 1.90. The number of nitrogens with zero attached hydrogens (tertiary/aromatic N) is 4. The highest BCUT2D eigenvalue weighted by molar-refractivity contribution is 5.90. The first-order valence-corrected chi connectivity index (χ1v) is 9.37. The quantitative estimate of drug-likeness (QED) is 0.561. The van der Waals surface area contributed by atoms with E-state index in [0.29, 0.717) is 6.42 Å². The number of likely N-dealkylation sites (tertiary alicyclic amines) is 1. The van der Waals surface area contributed by atoms with Crippen LogP contribution in [0.3, 0.4) is 0 Å². The van der Waals surface area contributed by atoms with Gasteiger partial charge in [-0.3, -0.25) is 9.20 Å². The van der Waals surface area contributed by atoms with Crippen LogP contribution in [0, 0.1) is 0 Å². The predicted molar refractivity (Wildman–Crippen MR) is 104 cm³/mol. The number of carbonyl (C=O) groups excluding carboxylic acids is 1. The minimum Gasteiger partial charge on any atom is -0.332 e. The summed E-state index contributed by atoms with van der Waals surface area (Å²) in [5.74, 6) is 1.01. The van der Waals surface area contributed by atoms with Crippen molar-refractivity contribution in [3.8, 4) is 0 Å². The van der Waals surface area contributed by atoms with Crippen molar-refractivity contribution in [3.05, 3.63) is 78.2 Å². The fraction of sp³-hybridized carbons (Fsp3) is 0.227. The molecule has 4 aromatic rings. The summed E-state index contributed by atoms with van der Waals surface area (Å²) >= 11 is 0. The molecule has 0 radical (unpaired) electrons. The van der Waals surface area contributed by atoms with Crippen LogP contribution in [-0.4, -0.2) is 31.9 Å². The lowest BCUT2D eigenvalue weighted by Gasteiger charge is -2.24. The molecular weight excluding hydrogens is 336 g/mol. The third kappa shape index (κ3) is 2.76. The molecule has 1 atom stereocenters. The summed E-state index contributed by atoms with van der Waals surface area (Å²) < 4.78 is 1.99. The lowest BCUT2D eigenvalue weighted by atomic mass is 10.0. The van der Waals surface area contributed by atoms with E-state index in [1.54, 1.807) is 0 Å². The molecule has 1 saturated heterocycles. The number of aromatic nitrogens is 3. The SMILES string of the molecule is O=C(Cc1cccc2ccccc12)N1CCC[C@@H]1c1nnc2ccccn12. The Morgan fingerprint density at radius 3 is 2.81 bits per heavy atom. The van der Waals surface area contributed by atoms with Gasteiger partial charge in [-0.2, -0.15) is 0 Å². The first-order chi connectivity index (χ1) is 13.3. The van der Waals surface area contributed by atoms with Gasteiger partial charge >= 0.3 is 0 Å². The molecule has 0 aliphatic carbocycles. The van der Waals surface area contributed by atoms with Gasteiger partial charge in [-0.15, -0.1) is 10.2 Å². The number of amides is 1. The van der Waals surface area contributed by atoms with Crippen LogP contribution >= 0.6 is 0 Å². The van der Waals surface area contributed by atoms with Crippen LogP contribution in [0.5, 0.6) is 0 Å². The number of benzene rings is 2. The van der Waals surface area contributed by atoms with E-state index in [9.17, 15) is 4.79 Å². The van der Waals surface area contributed by atoms with Crippen LogP contribution in [0.4, 0.5) is 0 Å². The largest absolute Gasteiger partial charge is 0.332 e. The van der Waals surface area contributed by atoms with Crippen molar-refractivity contribution in [2.75, 3.05) is 6.54 Å². The molecule has 3 heterocycles. The van der Waals surface area contributed by atoms with Gasteiger partial charge in [0.2, 0.25) is 5.91 Å². The Labute approximate surface area is 157 Å². The Morgan fingerprint density at radius 1 is 1.00 bits per heavy atom. The fourth-order valence-corrected chi connectivity index (χ4v) is 4.13. The Bertz CT molecular complexity index is 1130. The molecule has 2 aromatic carbocycles. The number of fused-ring (bicyclic) bond motifs is 2. The third-order valence-electron chi connectivity index (χ3n) is 5.43. The Kier molecular flexibility index (Phi) is 3.85. The Morgan fingerprint density at radius 2 is 1.85 bits per heavy atom. The molecule has 5 heteroatoms. The molecule has 0 unspecified atom stereocenters. The zero-order chi connectivity index (χ0) is 18.2. The zero-order valence-electron chi connectivity index (χ0n) is 15.0. The number of carbonyl (C=O) groups is 1. The molecule has 134 valence electrons. The highest BCUT2D eigenvalue weighted by atomic mass is 16.2. The highest BCUT2D eigenvalue weighted by Crippen LogP contribution is 2.32. The maximum atomic E-state index is 13.2. The second-order valence-corrected chi connectivity index (χ2v) is 7.05. The van der Waals surface area contributed by atoms with E-state index >= 15 is 0 Å². The van der Waals surface area contributed by atoms with Gasteiger partial charge in [-0.05, 0) is 41.3 Å². The van der Waals surface area contributed by atoms with Crippen LogP contribution in [0.15, 0.2) is 66.9 Å². The molecule has 2 aromatic heterocycles. The molecule has 0 saturated carbocycles. The zero-order valence-corrected chi connectivity index (χ0v) is 15.0. The molecule has 1 aliphatic rings. The maximum Gasteiger partial charge on any atom is 0.227 e. The first-order valence-electron chi connectivity index (χ1n) is 9.37. The maximum absolute atomic E-state index is 13.2. The van der Waals surface area contributed by atoms with Gasteiger partial charge < -0.3 is 4.90 Å². The highest BCUT2D eigenvalue weighted by Gasteiger charge is 2.33. The predicted octanol–water partition coefficient (Wildman–Crippen LogP) is 3.79. The van der Waals surface area contributed by atoms with Crippen molar-refractivity contribution >= 4 is 22.3 Å². The van der Waals surface area contributed by atoms with Crippen LogP contribution < -0.4 is 0 Å². The van der Waals surface area contributed by atoms with Crippen LogP contribution in [0.25, 0.3) is 16.4 Å². The number of rotatable bonds is 3. The molecule has 0 N–H and O–H groups in total. The molecule has 1 fully saturated rings. The van der Waals surface area contributed by atoms with Crippen molar-refractivity contribution in [2.45, 2.75) is 25.3 Å². The van der Waals surface area contributed by atoms with E-state index in [1.165, 1.54) is 5.39 Å². The number of hydrogen-bond donors (Lipinski definition) is 0. The normalized spacial score (nSPS) is 17.0. The Balaban J connectivity index is 1.45. The smallest absolute Gasteiger partial charge is 0.227 e. The van der Waals surface area contributed by atoms with E-state index in [4.69, 9.17) is 0 Å². The summed E-state index contributed by atoms with van der Waals surface area (Å²) in [7, 11) is 0. The molecule has 1 amide bonds. The lowest BCUT2D eigenvalue weighted by Crippen LogP contribution is -2.32. The fourth-order valence-electron chi connectivity index (χ4n) is 4.13. The number of pyridine rings is 1. The molecule has 27 heavy (non-hydrogen) atoms. The van der Waals surface area contributed by atoms with Gasteiger partial charge in [-0.1, -0.05) is 48.5 Å². The van der Waals surface area contributed by atoms with Crippen LogP contribution in [0.2, 0.25) is 0 Å². The second-order valence-electron chi connectivity index (χ2n) is 7.05. The van der Waals surface area contributed by atoms with Gasteiger partial charge in [0.1, 0.15) is 0 Å². The minimum absolute atomic E-state index is 0.00937. The minimum atomic E-state index is -0.00937. The second kappa shape index (κ2) is 6.50. The average molecular weight is 356 g/mol. The summed E-state index contributed by atoms with van der Waals surface area (Å²) in [6.07, 6.45) is 4.30. The summed E-state index contributed by atoms with van der Waals surface area (Å²) in [5, 5.41) is 11.0. The molecule has 0 spiro atoms. The van der Waals surface area contributed by atoms with E-state index in [0.717, 1.165) is 41.8 Å². The third-order valence-corrected chi connectivity index (χ3v) is 5.43. The van der Waals surface area contributed by atoms with Crippen molar-refractivity contribution < 1.29 is 4.79 Å². The lowest BCUT2D eigenvalue weighted by molar-refractivity contribution is -0.131. The van der Waals surface area contributed by atoms with Crippen LogP contribution in [-0.2, 0) is 11.2 Å². The summed E-state index contributed by atoms with van der Waals surface area (Å²) in [6.45, 7) is 0.774. The van der Waals surface area contributed by atoms with Crippen LogP contribution in [0.1, 0.15) is 30.3 Å². The van der Waals surface area contributed by atoms with Crippen molar-refractivity contribution in [3.63, 3.8) is 0 Å². The molecule has 1 aliphatic heterocycles. The summed E-state index contributed by atoms with van der Waals surface area (Å²) in [6, 6.07) is 20.2. The van der Waals surface area contributed by atoms with E-state index in [2.05, 4.69) is 34.5 Å². The standard InChI is InChI=1S/C22H20N4O/c27-21(15-17-9-5-8-16-7-1-2-10-18(16)17)25-14-6-11-19(25)22-24-23-20-12-3-4-13-26(20)22/h1-5,7-10,12-13,19H,6,11,14-15H2/t19-/m1/s1. The Hall–Kier alpha value is -3.21. The molecular formula is C22H20N4O. The first kappa shape index (κ1) is 16.0. The van der Waals surface area contributed by atoms with Crippen molar-refractivity contribution in [1.82, 2.24) is 19.5 Å². The summed E-state index contributed by atoms with van der Waals surface area (Å²) in [4.78, 5) is 15.1. The molecule has 5 nitrogen and oxygen atoms in total.